The zero-order chi connectivity index (χ0) is 21.3. The first-order valence-corrected chi connectivity index (χ1v) is 9.78. The second kappa shape index (κ2) is 10.8. The highest BCUT2D eigenvalue weighted by molar-refractivity contribution is 5.80. The van der Waals surface area contributed by atoms with Crippen LogP contribution in [0.25, 0.3) is 0 Å². The zero-order valence-electron chi connectivity index (χ0n) is 17.2. The number of hydrogen-bond donors (Lipinski definition) is 1. The van der Waals surface area contributed by atoms with E-state index in [4.69, 9.17) is 9.26 Å². The third-order valence-electron chi connectivity index (χ3n) is 4.90. The first-order chi connectivity index (χ1) is 14.6. The van der Waals surface area contributed by atoms with Crippen LogP contribution in [-0.2, 0) is 13.0 Å². The smallest absolute Gasteiger partial charge is 0.387 e. The fourth-order valence-electron chi connectivity index (χ4n) is 3.38. The third-order valence-corrected chi connectivity index (χ3v) is 4.90. The van der Waals surface area contributed by atoms with Crippen molar-refractivity contribution in [1.29, 1.82) is 0 Å². The number of piperazine rings is 1. The first kappa shape index (κ1) is 21.8. The zero-order valence-corrected chi connectivity index (χ0v) is 17.2. The van der Waals surface area contributed by atoms with Crippen LogP contribution in [0, 0.1) is 0 Å². The highest BCUT2D eigenvalue weighted by atomic mass is 19.3. The number of rotatable bonds is 8. The fourth-order valence-corrected chi connectivity index (χ4v) is 3.38. The van der Waals surface area contributed by atoms with Crippen LogP contribution in [0.3, 0.4) is 0 Å². The van der Waals surface area contributed by atoms with Crippen molar-refractivity contribution in [3.05, 3.63) is 41.8 Å². The molecule has 164 valence electrons. The molecule has 30 heavy (non-hydrogen) atoms. The van der Waals surface area contributed by atoms with E-state index in [0.717, 1.165) is 49.9 Å². The minimum Gasteiger partial charge on any atom is -0.493 e. The van der Waals surface area contributed by atoms with Crippen molar-refractivity contribution in [2.45, 2.75) is 19.6 Å². The molecule has 10 heteroatoms. The van der Waals surface area contributed by atoms with E-state index in [0.29, 0.717) is 13.0 Å². The Kier molecular flexibility index (Phi) is 7.83. The van der Waals surface area contributed by atoms with Gasteiger partial charge in [-0.05, 0) is 24.1 Å². The average molecular weight is 423 g/mol. The third kappa shape index (κ3) is 6.06. The van der Waals surface area contributed by atoms with Crippen molar-refractivity contribution < 1.29 is 22.8 Å². The van der Waals surface area contributed by atoms with Crippen LogP contribution in [0.1, 0.15) is 11.3 Å². The lowest BCUT2D eigenvalue weighted by Gasteiger charge is -2.36. The summed E-state index contributed by atoms with van der Waals surface area (Å²) < 4.78 is 39.7. The molecule has 0 saturated carbocycles. The summed E-state index contributed by atoms with van der Waals surface area (Å²) in [4.78, 5) is 8.90. The molecule has 0 radical (unpaired) electrons. The monoisotopic (exact) mass is 423 g/mol. The van der Waals surface area contributed by atoms with Crippen LogP contribution in [0.5, 0.6) is 11.5 Å². The van der Waals surface area contributed by atoms with E-state index >= 15 is 0 Å². The van der Waals surface area contributed by atoms with Gasteiger partial charge in [-0.2, -0.15) is 8.78 Å². The molecular formula is C20H27F2N5O3. The summed E-state index contributed by atoms with van der Waals surface area (Å²) in [6.07, 6.45) is 2.22. The number of aromatic nitrogens is 1. The van der Waals surface area contributed by atoms with Gasteiger partial charge in [-0.1, -0.05) is 11.2 Å². The van der Waals surface area contributed by atoms with Crippen molar-refractivity contribution in [3.8, 4) is 11.5 Å². The molecule has 1 fully saturated rings. The van der Waals surface area contributed by atoms with Gasteiger partial charge in [0.15, 0.2) is 17.5 Å². The summed E-state index contributed by atoms with van der Waals surface area (Å²) in [5.74, 6) is 1.15. The molecule has 3 rings (SSSR count). The van der Waals surface area contributed by atoms with Gasteiger partial charge in [0.2, 0.25) is 0 Å². The van der Waals surface area contributed by atoms with Crippen molar-refractivity contribution >= 4 is 5.96 Å². The number of nitrogens with zero attached hydrogens (tertiary/aromatic N) is 4. The fraction of sp³-hybridized carbons (Fsp3) is 0.500. The SMILES string of the molecule is CN=C(NCCc1ccc(OC)c(OC(F)F)c1)N1CCN(Cc2ccon2)CC1. The van der Waals surface area contributed by atoms with E-state index in [1.807, 2.05) is 12.1 Å². The number of aliphatic imine (C=N–C) groups is 1. The number of hydrogen-bond acceptors (Lipinski definition) is 6. The predicted molar refractivity (Wildman–Crippen MR) is 108 cm³/mol. The van der Waals surface area contributed by atoms with Gasteiger partial charge in [0.1, 0.15) is 6.26 Å². The molecule has 0 amide bonds. The molecule has 1 N–H and O–H groups in total. The number of nitrogens with one attached hydrogen (secondary N) is 1. The topological polar surface area (TPSA) is 75.4 Å². The van der Waals surface area contributed by atoms with Crippen molar-refractivity contribution in [2.75, 3.05) is 46.9 Å². The standard InChI is InChI=1S/C20H27F2N5O3/c1-23-20(27-10-8-26(9-11-27)14-16-6-12-29-25-16)24-7-5-15-3-4-17(28-2)18(13-15)30-19(21)22/h3-4,6,12-13,19H,5,7-11,14H2,1-2H3,(H,23,24). The maximum absolute atomic E-state index is 12.6. The second-order valence-electron chi connectivity index (χ2n) is 6.84. The summed E-state index contributed by atoms with van der Waals surface area (Å²) in [6, 6.07) is 6.93. The Morgan fingerprint density at radius 2 is 2.03 bits per heavy atom. The molecule has 0 bridgehead atoms. The Hall–Kier alpha value is -2.88. The lowest BCUT2D eigenvalue weighted by Crippen LogP contribution is -2.52. The molecular weight excluding hydrogens is 396 g/mol. The minimum absolute atomic E-state index is 0.0395. The number of ether oxygens (including phenoxy) is 2. The minimum atomic E-state index is -2.89. The van der Waals surface area contributed by atoms with E-state index in [9.17, 15) is 8.78 Å². The van der Waals surface area contributed by atoms with E-state index < -0.39 is 6.61 Å². The van der Waals surface area contributed by atoms with E-state index in [1.165, 1.54) is 7.11 Å². The number of benzene rings is 1. The lowest BCUT2D eigenvalue weighted by molar-refractivity contribution is -0.0512. The van der Waals surface area contributed by atoms with Crippen LogP contribution in [0.2, 0.25) is 0 Å². The normalized spacial score (nSPS) is 15.5. The van der Waals surface area contributed by atoms with Gasteiger partial charge in [0.05, 0.1) is 12.8 Å². The molecule has 1 aliphatic rings. The number of methoxy groups -OCH3 is 1. The summed E-state index contributed by atoms with van der Waals surface area (Å²) in [5.41, 5.74) is 1.80. The predicted octanol–water partition coefficient (Wildman–Crippen LogP) is 2.22. The Morgan fingerprint density at radius 1 is 1.23 bits per heavy atom. The Bertz CT molecular complexity index is 809. The average Bonchev–Trinajstić information content (AvgIpc) is 3.25. The molecule has 1 aliphatic heterocycles. The Labute approximate surface area is 174 Å². The van der Waals surface area contributed by atoms with E-state index in [-0.39, 0.29) is 11.5 Å². The van der Waals surface area contributed by atoms with Crippen LogP contribution in [-0.4, -0.2) is 74.4 Å². The number of halogens is 2. The molecule has 8 nitrogen and oxygen atoms in total. The maximum Gasteiger partial charge on any atom is 0.387 e. The lowest BCUT2D eigenvalue weighted by atomic mass is 10.1. The van der Waals surface area contributed by atoms with Gasteiger partial charge in [0, 0.05) is 52.4 Å². The summed E-state index contributed by atoms with van der Waals surface area (Å²) in [5, 5.41) is 7.30. The van der Waals surface area contributed by atoms with E-state index in [2.05, 4.69) is 30.0 Å². The highest BCUT2D eigenvalue weighted by Crippen LogP contribution is 2.29. The molecule has 0 spiro atoms. The molecule has 2 aromatic rings. The molecule has 0 atom stereocenters. The molecule has 0 unspecified atom stereocenters. The highest BCUT2D eigenvalue weighted by Gasteiger charge is 2.20. The first-order valence-electron chi connectivity index (χ1n) is 9.78. The van der Waals surface area contributed by atoms with Crippen LogP contribution >= 0.6 is 0 Å². The molecule has 1 aromatic heterocycles. The second-order valence-corrected chi connectivity index (χ2v) is 6.84. The van der Waals surface area contributed by atoms with Crippen LogP contribution in [0.4, 0.5) is 8.78 Å². The van der Waals surface area contributed by atoms with Crippen molar-refractivity contribution in [2.24, 2.45) is 4.99 Å². The quantitative estimate of drug-likeness (QED) is 0.515. The summed E-state index contributed by atoms with van der Waals surface area (Å²) in [6.45, 7) is 2.01. The van der Waals surface area contributed by atoms with Gasteiger partial charge < -0.3 is 24.2 Å². The summed E-state index contributed by atoms with van der Waals surface area (Å²) in [7, 11) is 3.18. The molecule has 1 aromatic carbocycles. The van der Waals surface area contributed by atoms with Gasteiger partial charge in [-0.25, -0.2) is 0 Å². The summed E-state index contributed by atoms with van der Waals surface area (Å²) >= 11 is 0. The van der Waals surface area contributed by atoms with Gasteiger partial charge >= 0.3 is 6.61 Å². The van der Waals surface area contributed by atoms with Crippen molar-refractivity contribution in [1.82, 2.24) is 20.3 Å². The Morgan fingerprint density at radius 3 is 2.67 bits per heavy atom. The van der Waals surface area contributed by atoms with Gasteiger partial charge in [-0.3, -0.25) is 9.89 Å². The molecule has 2 heterocycles. The van der Waals surface area contributed by atoms with Crippen LogP contribution in [0.15, 0.2) is 40.0 Å². The van der Waals surface area contributed by atoms with Gasteiger partial charge in [0.25, 0.3) is 0 Å². The number of guanidine groups is 1. The molecule has 0 aliphatic carbocycles. The number of alkyl halides is 2. The van der Waals surface area contributed by atoms with E-state index in [1.54, 1.807) is 25.4 Å². The van der Waals surface area contributed by atoms with Crippen molar-refractivity contribution in [3.63, 3.8) is 0 Å². The van der Waals surface area contributed by atoms with Crippen LogP contribution < -0.4 is 14.8 Å². The maximum atomic E-state index is 12.6. The Balaban J connectivity index is 1.47. The van der Waals surface area contributed by atoms with Gasteiger partial charge in [-0.15, -0.1) is 0 Å². The molecule has 1 saturated heterocycles. The largest absolute Gasteiger partial charge is 0.493 e.